The van der Waals surface area contributed by atoms with E-state index in [1.807, 2.05) is 12.1 Å². The molecule has 0 aliphatic heterocycles. The highest BCUT2D eigenvalue weighted by molar-refractivity contribution is 5.87. The maximum Gasteiger partial charge on any atom is 0.333 e. The lowest BCUT2D eigenvalue weighted by Crippen LogP contribution is -2.22. The van der Waals surface area contributed by atoms with E-state index in [9.17, 15) is 14.7 Å². The standard InChI is InChI=1S/C14H17NO4/c16-9-15-8-12(14(17)18)10-3-1-4-11(7-10)13-5-2-6-19-13/h2,5-6,8-11H,1,3-4,7H2,(H,15,16)(H,17,18)/b12-8-. The monoisotopic (exact) mass is 263 g/mol. The number of nitrogens with one attached hydrogen (secondary N) is 1. The third kappa shape index (κ3) is 3.24. The van der Waals surface area contributed by atoms with Crippen molar-refractivity contribution in [1.82, 2.24) is 5.32 Å². The van der Waals surface area contributed by atoms with Crippen molar-refractivity contribution in [2.45, 2.75) is 31.6 Å². The fourth-order valence-corrected chi connectivity index (χ4v) is 2.73. The zero-order valence-corrected chi connectivity index (χ0v) is 10.5. The quantitative estimate of drug-likeness (QED) is 0.631. The van der Waals surface area contributed by atoms with Crippen LogP contribution in [-0.2, 0) is 9.59 Å². The lowest BCUT2D eigenvalue weighted by Gasteiger charge is -2.28. The van der Waals surface area contributed by atoms with E-state index in [-0.39, 0.29) is 17.4 Å². The van der Waals surface area contributed by atoms with Crippen molar-refractivity contribution < 1.29 is 19.1 Å². The molecule has 2 unspecified atom stereocenters. The van der Waals surface area contributed by atoms with Crippen LogP contribution >= 0.6 is 0 Å². The van der Waals surface area contributed by atoms with Crippen LogP contribution in [0.2, 0.25) is 0 Å². The number of furan rings is 1. The van der Waals surface area contributed by atoms with E-state index in [1.165, 1.54) is 6.20 Å². The summed E-state index contributed by atoms with van der Waals surface area (Å²) in [5.74, 6) is 0.152. The average Bonchev–Trinajstić information content (AvgIpc) is 2.93. The summed E-state index contributed by atoms with van der Waals surface area (Å²) in [6.45, 7) is 0. The highest BCUT2D eigenvalue weighted by Crippen LogP contribution is 2.39. The molecule has 0 aromatic carbocycles. The molecule has 1 aliphatic carbocycles. The summed E-state index contributed by atoms with van der Waals surface area (Å²) in [6, 6.07) is 3.78. The predicted octanol–water partition coefficient (Wildman–Crippen LogP) is 2.27. The molecule has 0 saturated heterocycles. The smallest absolute Gasteiger partial charge is 0.333 e. The van der Waals surface area contributed by atoms with Crippen LogP contribution in [-0.4, -0.2) is 17.5 Å². The van der Waals surface area contributed by atoms with Gasteiger partial charge in [-0.2, -0.15) is 0 Å². The second-order valence-electron chi connectivity index (χ2n) is 4.77. The van der Waals surface area contributed by atoms with Gasteiger partial charge in [0.05, 0.1) is 11.8 Å². The van der Waals surface area contributed by atoms with E-state index in [1.54, 1.807) is 6.26 Å². The van der Waals surface area contributed by atoms with Crippen LogP contribution in [0.25, 0.3) is 0 Å². The first-order valence-corrected chi connectivity index (χ1v) is 6.38. The summed E-state index contributed by atoms with van der Waals surface area (Å²) in [5, 5.41) is 11.6. The van der Waals surface area contributed by atoms with Crippen molar-refractivity contribution >= 4 is 12.4 Å². The summed E-state index contributed by atoms with van der Waals surface area (Å²) in [6.07, 6.45) is 6.96. The summed E-state index contributed by atoms with van der Waals surface area (Å²) in [4.78, 5) is 21.6. The lowest BCUT2D eigenvalue weighted by molar-refractivity contribution is -0.133. The highest BCUT2D eigenvalue weighted by Gasteiger charge is 2.29. The van der Waals surface area contributed by atoms with Gasteiger partial charge in [-0.3, -0.25) is 4.79 Å². The minimum Gasteiger partial charge on any atom is -0.478 e. The van der Waals surface area contributed by atoms with E-state index >= 15 is 0 Å². The maximum atomic E-state index is 11.3. The van der Waals surface area contributed by atoms with E-state index in [0.717, 1.165) is 31.4 Å². The third-order valence-electron chi connectivity index (χ3n) is 3.61. The highest BCUT2D eigenvalue weighted by atomic mass is 16.4. The van der Waals surface area contributed by atoms with Crippen molar-refractivity contribution in [3.63, 3.8) is 0 Å². The predicted molar refractivity (Wildman–Crippen MR) is 68.3 cm³/mol. The molecule has 102 valence electrons. The second kappa shape index (κ2) is 6.22. The van der Waals surface area contributed by atoms with E-state index < -0.39 is 5.97 Å². The van der Waals surface area contributed by atoms with Gasteiger partial charge >= 0.3 is 5.97 Å². The van der Waals surface area contributed by atoms with Gasteiger partial charge in [-0.25, -0.2) is 4.79 Å². The fraction of sp³-hybridized carbons (Fsp3) is 0.429. The average molecular weight is 263 g/mol. The Balaban J connectivity index is 2.11. The van der Waals surface area contributed by atoms with E-state index in [0.29, 0.717) is 6.41 Å². The van der Waals surface area contributed by atoms with Crippen molar-refractivity contribution in [3.8, 4) is 0 Å². The van der Waals surface area contributed by atoms with Crippen LogP contribution in [0.1, 0.15) is 37.4 Å². The van der Waals surface area contributed by atoms with Gasteiger partial charge in [0.25, 0.3) is 0 Å². The molecule has 2 rings (SSSR count). The molecule has 1 heterocycles. The van der Waals surface area contributed by atoms with Crippen molar-refractivity contribution in [1.29, 1.82) is 0 Å². The van der Waals surface area contributed by atoms with Crippen LogP contribution in [0.4, 0.5) is 0 Å². The molecule has 1 saturated carbocycles. The topological polar surface area (TPSA) is 79.5 Å². The van der Waals surface area contributed by atoms with Gasteiger partial charge in [-0.15, -0.1) is 0 Å². The van der Waals surface area contributed by atoms with Crippen LogP contribution in [0.5, 0.6) is 0 Å². The third-order valence-corrected chi connectivity index (χ3v) is 3.61. The minimum atomic E-state index is -0.973. The molecule has 0 radical (unpaired) electrons. The Morgan fingerprint density at radius 1 is 1.47 bits per heavy atom. The largest absolute Gasteiger partial charge is 0.478 e. The molecule has 0 bridgehead atoms. The van der Waals surface area contributed by atoms with Gasteiger partial charge in [0.1, 0.15) is 5.76 Å². The number of carboxylic acids is 1. The number of rotatable bonds is 5. The number of hydrogen-bond acceptors (Lipinski definition) is 3. The first kappa shape index (κ1) is 13.4. The normalized spacial score (nSPS) is 23.9. The first-order valence-electron chi connectivity index (χ1n) is 6.38. The minimum absolute atomic E-state index is 0.0474. The van der Waals surface area contributed by atoms with Crippen molar-refractivity contribution in [3.05, 3.63) is 35.9 Å². The molecule has 1 aromatic rings. The summed E-state index contributed by atoms with van der Waals surface area (Å²) in [7, 11) is 0. The van der Waals surface area contributed by atoms with Gasteiger partial charge < -0.3 is 14.8 Å². The molecule has 5 heteroatoms. The molecule has 1 amide bonds. The zero-order chi connectivity index (χ0) is 13.7. The molecule has 0 spiro atoms. The van der Waals surface area contributed by atoms with Gasteiger partial charge in [-0.1, -0.05) is 6.42 Å². The molecule has 2 N–H and O–H groups in total. The van der Waals surface area contributed by atoms with Gasteiger partial charge in [0.15, 0.2) is 0 Å². The fourth-order valence-electron chi connectivity index (χ4n) is 2.73. The summed E-state index contributed by atoms with van der Waals surface area (Å²) in [5.41, 5.74) is 0.267. The molecule has 2 atom stereocenters. The summed E-state index contributed by atoms with van der Waals surface area (Å²) >= 11 is 0. The van der Waals surface area contributed by atoms with Crippen LogP contribution in [0.15, 0.2) is 34.6 Å². The van der Waals surface area contributed by atoms with Crippen LogP contribution < -0.4 is 5.32 Å². The number of carbonyl (C=O) groups is 2. The summed E-state index contributed by atoms with van der Waals surface area (Å²) < 4.78 is 5.40. The maximum absolute atomic E-state index is 11.3. The van der Waals surface area contributed by atoms with E-state index in [2.05, 4.69) is 5.32 Å². The Morgan fingerprint density at radius 3 is 2.95 bits per heavy atom. The number of hydrogen-bond donors (Lipinski definition) is 2. The Kier molecular flexibility index (Phi) is 4.39. The molecule has 1 fully saturated rings. The number of carboxylic acid groups (broad SMARTS) is 1. The molecule has 1 aromatic heterocycles. The SMILES string of the molecule is O=CN/C=C(\C(=O)O)C1CCCC(c2ccco2)C1. The molecule has 19 heavy (non-hydrogen) atoms. The van der Waals surface area contributed by atoms with E-state index in [4.69, 9.17) is 4.42 Å². The molecular formula is C14H17NO4. The Hall–Kier alpha value is -2.04. The van der Waals surface area contributed by atoms with Gasteiger partial charge in [-0.05, 0) is 37.3 Å². The molecule has 1 aliphatic rings. The van der Waals surface area contributed by atoms with Gasteiger partial charge in [0, 0.05) is 12.1 Å². The number of amides is 1. The van der Waals surface area contributed by atoms with Crippen molar-refractivity contribution in [2.75, 3.05) is 0 Å². The molecular weight excluding hydrogens is 246 g/mol. The van der Waals surface area contributed by atoms with Crippen LogP contribution in [0, 0.1) is 5.92 Å². The lowest BCUT2D eigenvalue weighted by atomic mass is 9.77. The molecule has 5 nitrogen and oxygen atoms in total. The zero-order valence-electron chi connectivity index (χ0n) is 10.5. The second-order valence-corrected chi connectivity index (χ2v) is 4.77. The Morgan fingerprint density at radius 2 is 2.32 bits per heavy atom. The van der Waals surface area contributed by atoms with Crippen LogP contribution in [0.3, 0.4) is 0 Å². The number of carbonyl (C=O) groups excluding carboxylic acids is 1. The van der Waals surface area contributed by atoms with Crippen molar-refractivity contribution in [2.24, 2.45) is 5.92 Å². The number of aliphatic carboxylic acids is 1. The first-order chi connectivity index (χ1) is 9.22. The Labute approximate surface area is 111 Å². The Bertz CT molecular complexity index is 464. The van der Waals surface area contributed by atoms with Gasteiger partial charge in [0.2, 0.25) is 6.41 Å².